The third-order valence-electron chi connectivity index (χ3n) is 1.83. The number of rotatable bonds is 3. The van der Waals surface area contributed by atoms with Gasteiger partial charge in [-0.2, -0.15) is 5.26 Å². The van der Waals surface area contributed by atoms with Gasteiger partial charge in [0, 0.05) is 11.8 Å². The quantitative estimate of drug-likeness (QED) is 0.855. The Hall–Kier alpha value is -2.11. The van der Waals surface area contributed by atoms with Gasteiger partial charge in [-0.05, 0) is 0 Å². The van der Waals surface area contributed by atoms with Gasteiger partial charge < -0.3 is 9.72 Å². The Morgan fingerprint density at radius 3 is 2.50 bits per heavy atom. The van der Waals surface area contributed by atoms with Crippen molar-refractivity contribution in [3.05, 3.63) is 27.7 Å². The van der Waals surface area contributed by atoms with Crippen LogP contribution in [0.5, 0.6) is 5.75 Å². The highest BCUT2D eigenvalue weighted by molar-refractivity contribution is 5.38. The van der Waals surface area contributed by atoms with Crippen molar-refractivity contribution in [3.63, 3.8) is 0 Å². The molecule has 1 rings (SSSR count). The molecule has 0 fully saturated rings. The number of hydrogen-bond donors (Lipinski definition) is 1. The Bertz CT molecular complexity index is 529. The molecule has 0 amide bonds. The number of aromatic amines is 1. The highest BCUT2D eigenvalue weighted by Crippen LogP contribution is 2.33. The van der Waals surface area contributed by atoms with Crippen LogP contribution in [-0.2, 0) is 6.42 Å². The van der Waals surface area contributed by atoms with Gasteiger partial charge in [0.1, 0.15) is 5.75 Å². The van der Waals surface area contributed by atoms with E-state index in [9.17, 15) is 26.7 Å². The molecule has 1 heterocycles. The zero-order valence-corrected chi connectivity index (χ0v) is 8.52. The molecule has 0 unspecified atom stereocenters. The molecule has 98 valence electrons. The van der Waals surface area contributed by atoms with E-state index in [1.807, 2.05) is 4.98 Å². The van der Waals surface area contributed by atoms with E-state index in [0.29, 0.717) is 0 Å². The normalized spacial score (nSPS) is 11.4. The van der Waals surface area contributed by atoms with E-state index in [1.54, 1.807) is 0 Å². The Morgan fingerprint density at radius 1 is 1.44 bits per heavy atom. The maximum absolute atomic E-state index is 12.6. The fourth-order valence-corrected chi connectivity index (χ4v) is 1.26. The highest BCUT2D eigenvalue weighted by atomic mass is 19.4. The van der Waals surface area contributed by atoms with Crippen molar-refractivity contribution in [1.82, 2.24) is 4.98 Å². The van der Waals surface area contributed by atoms with E-state index in [1.165, 1.54) is 6.07 Å². The number of halogens is 5. The van der Waals surface area contributed by atoms with E-state index in [4.69, 9.17) is 5.26 Å². The Labute approximate surface area is 96.6 Å². The minimum Gasteiger partial charge on any atom is -0.405 e. The number of aromatic nitrogens is 1. The summed E-state index contributed by atoms with van der Waals surface area (Å²) in [5, 5.41) is 8.36. The molecule has 18 heavy (non-hydrogen) atoms. The van der Waals surface area contributed by atoms with E-state index in [-0.39, 0.29) is 6.07 Å². The van der Waals surface area contributed by atoms with Gasteiger partial charge in [0.25, 0.3) is 12.0 Å². The van der Waals surface area contributed by atoms with Gasteiger partial charge in [0.05, 0.1) is 18.1 Å². The number of alkyl halides is 5. The van der Waals surface area contributed by atoms with Gasteiger partial charge in [-0.3, -0.25) is 4.79 Å². The lowest BCUT2D eigenvalue weighted by atomic mass is 10.1. The molecule has 1 aromatic rings. The smallest absolute Gasteiger partial charge is 0.405 e. The van der Waals surface area contributed by atoms with E-state index in [2.05, 4.69) is 4.74 Å². The molecule has 1 aromatic heterocycles. The molecule has 0 aliphatic heterocycles. The van der Waals surface area contributed by atoms with Gasteiger partial charge in [-0.1, -0.05) is 0 Å². The third kappa shape index (κ3) is 3.44. The van der Waals surface area contributed by atoms with Crippen LogP contribution in [0.2, 0.25) is 0 Å². The Kier molecular flexibility index (Phi) is 3.90. The van der Waals surface area contributed by atoms with E-state index < -0.39 is 41.8 Å². The lowest BCUT2D eigenvalue weighted by molar-refractivity contribution is -0.275. The summed E-state index contributed by atoms with van der Waals surface area (Å²) >= 11 is 0. The summed E-state index contributed by atoms with van der Waals surface area (Å²) in [4.78, 5) is 12.9. The number of hydrogen-bond acceptors (Lipinski definition) is 3. The van der Waals surface area contributed by atoms with Crippen LogP contribution in [0.3, 0.4) is 0 Å². The summed E-state index contributed by atoms with van der Waals surface area (Å²) in [6, 6.07) is 1.72. The average Bonchev–Trinajstić information content (AvgIpc) is 2.13. The molecule has 0 saturated heterocycles. The summed E-state index contributed by atoms with van der Waals surface area (Å²) < 4.78 is 64.6. The zero-order chi connectivity index (χ0) is 13.9. The van der Waals surface area contributed by atoms with Crippen molar-refractivity contribution in [3.8, 4) is 11.8 Å². The molecule has 0 atom stereocenters. The van der Waals surface area contributed by atoms with Crippen molar-refractivity contribution >= 4 is 0 Å². The lowest BCUT2D eigenvalue weighted by Crippen LogP contribution is -2.21. The number of nitrogens with zero attached hydrogens (tertiary/aromatic N) is 1. The van der Waals surface area contributed by atoms with Crippen LogP contribution < -0.4 is 10.3 Å². The molecular formula is C9H5F5N2O2. The molecule has 4 nitrogen and oxygen atoms in total. The van der Waals surface area contributed by atoms with Crippen LogP contribution in [0.1, 0.15) is 17.7 Å². The van der Waals surface area contributed by atoms with Gasteiger partial charge in [-0.25, -0.2) is 8.78 Å². The topological polar surface area (TPSA) is 65.9 Å². The van der Waals surface area contributed by atoms with Gasteiger partial charge in [0.15, 0.2) is 0 Å². The molecule has 0 spiro atoms. The predicted molar refractivity (Wildman–Crippen MR) is 48.0 cm³/mol. The highest BCUT2D eigenvalue weighted by Gasteiger charge is 2.34. The molecular weight excluding hydrogens is 263 g/mol. The molecule has 0 radical (unpaired) electrons. The molecule has 1 N–H and O–H groups in total. The largest absolute Gasteiger partial charge is 0.573 e. The number of nitriles is 1. The van der Waals surface area contributed by atoms with E-state index in [0.717, 1.165) is 0 Å². The van der Waals surface area contributed by atoms with Crippen LogP contribution in [0, 0.1) is 11.3 Å². The van der Waals surface area contributed by atoms with Crippen molar-refractivity contribution in [2.24, 2.45) is 0 Å². The van der Waals surface area contributed by atoms with Crippen molar-refractivity contribution < 1.29 is 26.7 Å². The standard InChI is InChI=1S/C9H5F5N2O2/c10-8(11)7-4(1-2-15)16-6(17)3-5(7)18-9(12,13)14/h3,8H,1H2,(H,16,17). The first-order chi connectivity index (χ1) is 8.24. The van der Waals surface area contributed by atoms with Crippen LogP contribution in [0.15, 0.2) is 10.9 Å². The number of nitrogens with one attached hydrogen (secondary N) is 1. The van der Waals surface area contributed by atoms with Crippen molar-refractivity contribution in [2.45, 2.75) is 19.2 Å². The Balaban J connectivity index is 3.40. The minimum atomic E-state index is -5.21. The maximum Gasteiger partial charge on any atom is 0.573 e. The first kappa shape index (κ1) is 14.0. The second-order valence-electron chi connectivity index (χ2n) is 3.07. The van der Waals surface area contributed by atoms with Gasteiger partial charge >= 0.3 is 6.36 Å². The molecule has 9 heteroatoms. The zero-order valence-electron chi connectivity index (χ0n) is 8.52. The average molecular weight is 268 g/mol. The number of ether oxygens (including phenoxy) is 1. The second-order valence-corrected chi connectivity index (χ2v) is 3.07. The van der Waals surface area contributed by atoms with Crippen LogP contribution >= 0.6 is 0 Å². The van der Waals surface area contributed by atoms with Crippen LogP contribution in [0.4, 0.5) is 22.0 Å². The molecule has 0 saturated carbocycles. The summed E-state index contributed by atoms with van der Waals surface area (Å²) in [6.07, 6.45) is -9.19. The molecule has 0 aromatic carbocycles. The predicted octanol–water partition coefficient (Wildman–Crippen LogP) is 2.28. The van der Waals surface area contributed by atoms with Gasteiger partial charge in [0.2, 0.25) is 0 Å². The first-order valence-corrected chi connectivity index (χ1v) is 4.41. The maximum atomic E-state index is 12.6. The lowest BCUT2D eigenvalue weighted by Gasteiger charge is -2.14. The molecule has 0 aliphatic carbocycles. The monoisotopic (exact) mass is 268 g/mol. The van der Waals surface area contributed by atoms with Crippen molar-refractivity contribution in [2.75, 3.05) is 0 Å². The summed E-state index contributed by atoms with van der Waals surface area (Å²) in [5.41, 5.74) is -2.81. The summed E-state index contributed by atoms with van der Waals surface area (Å²) in [7, 11) is 0. The van der Waals surface area contributed by atoms with Crippen LogP contribution in [0.25, 0.3) is 0 Å². The van der Waals surface area contributed by atoms with E-state index >= 15 is 0 Å². The number of pyridine rings is 1. The fourth-order valence-electron chi connectivity index (χ4n) is 1.26. The summed E-state index contributed by atoms with van der Waals surface area (Å²) in [5.74, 6) is -1.30. The second kappa shape index (κ2) is 5.03. The third-order valence-corrected chi connectivity index (χ3v) is 1.83. The van der Waals surface area contributed by atoms with Crippen molar-refractivity contribution in [1.29, 1.82) is 5.26 Å². The fraction of sp³-hybridized carbons (Fsp3) is 0.333. The first-order valence-electron chi connectivity index (χ1n) is 4.41. The Morgan fingerprint density at radius 2 is 2.06 bits per heavy atom. The summed E-state index contributed by atoms with van der Waals surface area (Å²) in [6.45, 7) is 0. The number of H-pyrrole nitrogens is 1. The van der Waals surface area contributed by atoms with Gasteiger partial charge in [-0.15, -0.1) is 13.2 Å². The van der Waals surface area contributed by atoms with Crippen LogP contribution in [-0.4, -0.2) is 11.3 Å². The molecule has 0 aliphatic rings. The minimum absolute atomic E-state index is 0.260. The SMILES string of the molecule is N#CCc1[nH]c(=O)cc(OC(F)(F)F)c1C(F)F. The molecule has 0 bridgehead atoms.